The molecule has 1 nitrogen and oxygen atoms in total. The number of ether oxygens (including phenoxy) is 1. The van der Waals surface area contributed by atoms with E-state index >= 15 is 0 Å². The quantitative estimate of drug-likeness (QED) is 0.628. The third-order valence-electron chi connectivity index (χ3n) is 1.87. The van der Waals surface area contributed by atoms with Crippen LogP contribution in [-0.2, 0) is 4.74 Å². The average Bonchev–Trinajstić information content (AvgIpc) is 1.97. The van der Waals surface area contributed by atoms with Crippen LogP contribution >= 0.6 is 15.9 Å². The predicted octanol–water partition coefficient (Wildman–Crippen LogP) is 3.22. The zero-order valence-electron chi connectivity index (χ0n) is 7.77. The van der Waals surface area contributed by atoms with Crippen LogP contribution in [0.4, 0.5) is 0 Å². The fourth-order valence-corrected chi connectivity index (χ4v) is 1.24. The second-order valence-electron chi connectivity index (χ2n) is 3.24. The van der Waals surface area contributed by atoms with E-state index in [-0.39, 0.29) is 0 Å². The Balaban J connectivity index is 3.15. The van der Waals surface area contributed by atoms with Crippen molar-refractivity contribution in [3.8, 4) is 0 Å². The van der Waals surface area contributed by atoms with E-state index in [4.69, 9.17) is 4.74 Å². The summed E-state index contributed by atoms with van der Waals surface area (Å²) in [5.41, 5.74) is 0. The summed E-state index contributed by atoms with van der Waals surface area (Å²) in [6.07, 6.45) is 3.76. The van der Waals surface area contributed by atoms with Crippen molar-refractivity contribution in [1.29, 1.82) is 0 Å². The zero-order valence-corrected chi connectivity index (χ0v) is 9.36. The molecule has 0 heterocycles. The topological polar surface area (TPSA) is 9.23 Å². The fraction of sp³-hybridized carbons (Fsp3) is 1.00. The van der Waals surface area contributed by atoms with Gasteiger partial charge in [-0.15, -0.1) is 0 Å². The summed E-state index contributed by atoms with van der Waals surface area (Å²) < 4.78 is 5.01. The highest BCUT2D eigenvalue weighted by Crippen LogP contribution is 2.15. The molecule has 0 aromatic rings. The number of halogens is 1. The second kappa shape index (κ2) is 7.11. The lowest BCUT2D eigenvalue weighted by Crippen LogP contribution is -2.02. The van der Waals surface area contributed by atoms with E-state index in [2.05, 4.69) is 29.8 Å². The minimum absolute atomic E-state index is 0.660. The van der Waals surface area contributed by atoms with Gasteiger partial charge in [0.05, 0.1) is 0 Å². The van der Waals surface area contributed by atoms with Crippen LogP contribution in [0.3, 0.4) is 0 Å². The summed E-state index contributed by atoms with van der Waals surface area (Å²) >= 11 is 3.54. The van der Waals surface area contributed by atoms with Gasteiger partial charge in [0.2, 0.25) is 0 Å². The summed E-state index contributed by atoms with van der Waals surface area (Å²) in [5.74, 6) is 0.801. The van der Waals surface area contributed by atoms with Crippen LogP contribution in [0, 0.1) is 5.92 Å². The molecule has 2 atom stereocenters. The highest BCUT2D eigenvalue weighted by Gasteiger charge is 2.03. The highest BCUT2D eigenvalue weighted by molar-refractivity contribution is 9.09. The fourth-order valence-electron chi connectivity index (χ4n) is 0.978. The van der Waals surface area contributed by atoms with Gasteiger partial charge in [-0.05, 0) is 25.2 Å². The van der Waals surface area contributed by atoms with Gasteiger partial charge in [-0.2, -0.15) is 0 Å². The molecule has 0 aromatic heterocycles. The number of alkyl halides is 1. The SMILES string of the molecule is COCCC(C)CCC(C)Br. The van der Waals surface area contributed by atoms with Crippen LogP contribution in [0.1, 0.15) is 33.1 Å². The first-order valence-corrected chi connectivity index (χ1v) is 5.21. The zero-order chi connectivity index (χ0) is 8.69. The van der Waals surface area contributed by atoms with Gasteiger partial charge in [0.1, 0.15) is 0 Å². The van der Waals surface area contributed by atoms with E-state index in [0.29, 0.717) is 4.83 Å². The maximum atomic E-state index is 5.01. The third kappa shape index (κ3) is 8.35. The predicted molar refractivity (Wildman–Crippen MR) is 53.3 cm³/mol. The van der Waals surface area contributed by atoms with Crippen molar-refractivity contribution in [3.05, 3.63) is 0 Å². The maximum Gasteiger partial charge on any atom is 0.0464 e. The molecule has 0 amide bonds. The van der Waals surface area contributed by atoms with Crippen LogP contribution < -0.4 is 0 Å². The van der Waals surface area contributed by atoms with Gasteiger partial charge in [-0.1, -0.05) is 29.8 Å². The molecule has 0 bridgehead atoms. The van der Waals surface area contributed by atoms with Crippen molar-refractivity contribution in [2.45, 2.75) is 37.9 Å². The largest absolute Gasteiger partial charge is 0.385 e. The van der Waals surface area contributed by atoms with Crippen molar-refractivity contribution in [2.75, 3.05) is 13.7 Å². The summed E-state index contributed by atoms with van der Waals surface area (Å²) in [7, 11) is 1.76. The standard InChI is InChI=1S/C9H19BrO/c1-8(6-7-11-3)4-5-9(2)10/h8-9H,4-7H2,1-3H3. The first-order valence-electron chi connectivity index (χ1n) is 4.29. The molecule has 0 saturated heterocycles. The summed E-state index contributed by atoms with van der Waals surface area (Å²) in [5, 5.41) is 0. The van der Waals surface area contributed by atoms with E-state index in [1.54, 1.807) is 7.11 Å². The molecular formula is C9H19BrO. The first-order chi connectivity index (χ1) is 5.16. The number of hydrogen-bond acceptors (Lipinski definition) is 1. The van der Waals surface area contributed by atoms with Gasteiger partial charge in [-0.3, -0.25) is 0 Å². The van der Waals surface area contributed by atoms with Crippen molar-refractivity contribution in [2.24, 2.45) is 5.92 Å². The van der Waals surface area contributed by atoms with Crippen LogP contribution in [0.2, 0.25) is 0 Å². The van der Waals surface area contributed by atoms with Gasteiger partial charge in [0.15, 0.2) is 0 Å². The third-order valence-corrected chi connectivity index (χ3v) is 2.33. The Morgan fingerprint density at radius 1 is 1.18 bits per heavy atom. The maximum absolute atomic E-state index is 5.01. The smallest absolute Gasteiger partial charge is 0.0464 e. The Morgan fingerprint density at radius 3 is 2.27 bits per heavy atom. The van der Waals surface area contributed by atoms with Gasteiger partial charge in [-0.25, -0.2) is 0 Å². The Bertz CT molecular complexity index is 83.6. The highest BCUT2D eigenvalue weighted by atomic mass is 79.9. The molecule has 0 saturated carbocycles. The number of rotatable bonds is 6. The molecule has 2 heteroatoms. The molecule has 0 rings (SSSR count). The van der Waals surface area contributed by atoms with Crippen molar-refractivity contribution < 1.29 is 4.74 Å². The molecule has 11 heavy (non-hydrogen) atoms. The minimum Gasteiger partial charge on any atom is -0.385 e. The molecule has 0 fully saturated rings. The Kier molecular flexibility index (Phi) is 7.39. The molecule has 0 N–H and O–H groups in total. The van der Waals surface area contributed by atoms with Gasteiger partial charge in [0.25, 0.3) is 0 Å². The van der Waals surface area contributed by atoms with Crippen molar-refractivity contribution >= 4 is 15.9 Å². The summed E-state index contributed by atoms with van der Waals surface area (Å²) in [6.45, 7) is 5.38. The molecule has 2 unspecified atom stereocenters. The molecule has 0 spiro atoms. The Hall–Kier alpha value is 0.440. The first kappa shape index (κ1) is 11.4. The Morgan fingerprint density at radius 2 is 1.82 bits per heavy atom. The number of methoxy groups -OCH3 is 1. The lowest BCUT2D eigenvalue weighted by molar-refractivity contribution is 0.178. The van der Waals surface area contributed by atoms with Gasteiger partial charge >= 0.3 is 0 Å². The molecule has 0 aliphatic heterocycles. The summed E-state index contributed by atoms with van der Waals surface area (Å²) in [4.78, 5) is 0.660. The molecular weight excluding hydrogens is 204 g/mol. The van der Waals surface area contributed by atoms with Crippen LogP contribution in [-0.4, -0.2) is 18.5 Å². The molecule has 0 radical (unpaired) electrons. The van der Waals surface area contributed by atoms with Gasteiger partial charge in [0, 0.05) is 18.5 Å². The normalized spacial score (nSPS) is 16.4. The molecule has 0 aliphatic carbocycles. The molecule has 0 aliphatic rings. The van der Waals surface area contributed by atoms with Gasteiger partial charge < -0.3 is 4.74 Å². The van der Waals surface area contributed by atoms with Crippen molar-refractivity contribution in [3.63, 3.8) is 0 Å². The number of hydrogen-bond donors (Lipinski definition) is 0. The van der Waals surface area contributed by atoms with Crippen LogP contribution in [0.15, 0.2) is 0 Å². The lowest BCUT2D eigenvalue weighted by atomic mass is 10.0. The van der Waals surface area contributed by atoms with E-state index in [9.17, 15) is 0 Å². The average molecular weight is 223 g/mol. The van der Waals surface area contributed by atoms with Crippen molar-refractivity contribution in [1.82, 2.24) is 0 Å². The van der Waals surface area contributed by atoms with Crippen LogP contribution in [0.5, 0.6) is 0 Å². The van der Waals surface area contributed by atoms with E-state index < -0.39 is 0 Å². The Labute approximate surface area is 78.6 Å². The van der Waals surface area contributed by atoms with Crippen LogP contribution in [0.25, 0.3) is 0 Å². The molecule has 0 aromatic carbocycles. The lowest BCUT2D eigenvalue weighted by Gasteiger charge is -2.10. The minimum atomic E-state index is 0.660. The summed E-state index contributed by atoms with van der Waals surface area (Å²) in [6, 6.07) is 0. The monoisotopic (exact) mass is 222 g/mol. The molecule has 68 valence electrons. The van der Waals surface area contributed by atoms with E-state index in [1.165, 1.54) is 19.3 Å². The van der Waals surface area contributed by atoms with E-state index in [0.717, 1.165) is 12.5 Å². The van der Waals surface area contributed by atoms with E-state index in [1.807, 2.05) is 0 Å². The second-order valence-corrected chi connectivity index (χ2v) is 4.81.